The molecular formula is C33H29Cl2N3O5. The molecule has 4 rings (SSSR count). The lowest BCUT2D eigenvalue weighted by atomic mass is 9.93. The van der Waals surface area contributed by atoms with Crippen LogP contribution in [0.15, 0.2) is 103 Å². The molecule has 0 aliphatic rings. The van der Waals surface area contributed by atoms with Gasteiger partial charge in [-0.15, -0.1) is 0 Å². The summed E-state index contributed by atoms with van der Waals surface area (Å²) >= 11 is 12.6. The molecule has 0 aliphatic carbocycles. The van der Waals surface area contributed by atoms with Gasteiger partial charge in [0, 0.05) is 35.3 Å². The van der Waals surface area contributed by atoms with Crippen LogP contribution in [0.3, 0.4) is 0 Å². The van der Waals surface area contributed by atoms with Gasteiger partial charge in [0.2, 0.25) is 11.8 Å². The molecule has 0 aromatic heterocycles. The summed E-state index contributed by atoms with van der Waals surface area (Å²) in [6, 6.07) is 28.1. The first-order valence-electron chi connectivity index (χ1n) is 13.4. The van der Waals surface area contributed by atoms with E-state index in [-0.39, 0.29) is 41.5 Å². The molecule has 43 heavy (non-hydrogen) atoms. The smallest absolute Gasteiger partial charge is 0.410 e. The van der Waals surface area contributed by atoms with Crippen LogP contribution in [0.5, 0.6) is 0 Å². The third-order valence-electron chi connectivity index (χ3n) is 6.59. The number of hydrogen-bond donors (Lipinski definition) is 2. The fourth-order valence-electron chi connectivity index (χ4n) is 4.30. The number of amides is 3. The van der Waals surface area contributed by atoms with Gasteiger partial charge in [-0.2, -0.15) is 0 Å². The zero-order chi connectivity index (χ0) is 30.8. The molecule has 0 fully saturated rings. The highest BCUT2D eigenvalue weighted by Gasteiger charge is 2.30. The highest BCUT2D eigenvalue weighted by atomic mass is 35.5. The van der Waals surface area contributed by atoms with E-state index in [1.165, 1.54) is 13.1 Å². The predicted molar refractivity (Wildman–Crippen MR) is 166 cm³/mol. The molecule has 3 amide bonds. The minimum Gasteiger partial charge on any atom is -0.445 e. The third-order valence-corrected chi connectivity index (χ3v) is 7.16. The standard InChI is InChI=1S/C33H29Cl2N3O5/c1-38(33(42)43-21-22-10-4-2-5-11-22)29(32(41)36-20-30(39)37-25-12-6-3-7-13-25)18-23-16-17-24(34)19-27(23)31(40)26-14-8-9-15-28(26)35/h2-17,19,29H,18,20-21H2,1H3,(H,36,41)(H,37,39)/t29-/m0/s1. The Balaban J connectivity index is 1.57. The van der Waals surface area contributed by atoms with Crippen molar-refractivity contribution >= 4 is 52.6 Å². The molecule has 8 nitrogen and oxygen atoms in total. The monoisotopic (exact) mass is 617 g/mol. The molecular weight excluding hydrogens is 589 g/mol. The van der Waals surface area contributed by atoms with Crippen molar-refractivity contribution in [1.29, 1.82) is 0 Å². The number of hydrogen-bond acceptors (Lipinski definition) is 5. The van der Waals surface area contributed by atoms with Crippen molar-refractivity contribution in [3.05, 3.63) is 135 Å². The first kappa shape index (κ1) is 31.3. The summed E-state index contributed by atoms with van der Waals surface area (Å²) in [7, 11) is 1.42. The van der Waals surface area contributed by atoms with Crippen LogP contribution in [-0.4, -0.2) is 48.2 Å². The van der Waals surface area contributed by atoms with Crippen molar-refractivity contribution in [2.24, 2.45) is 0 Å². The minimum absolute atomic E-state index is 0.00494. The largest absolute Gasteiger partial charge is 0.445 e. The van der Waals surface area contributed by atoms with Crippen LogP contribution >= 0.6 is 23.2 Å². The van der Waals surface area contributed by atoms with E-state index < -0.39 is 23.9 Å². The van der Waals surface area contributed by atoms with Crippen LogP contribution in [-0.2, 0) is 27.4 Å². The first-order valence-corrected chi connectivity index (χ1v) is 14.1. The van der Waals surface area contributed by atoms with Gasteiger partial charge in [0.05, 0.1) is 11.6 Å². The molecule has 4 aromatic carbocycles. The Labute approximate surface area is 259 Å². The summed E-state index contributed by atoms with van der Waals surface area (Å²) in [5.41, 5.74) is 2.29. The summed E-state index contributed by atoms with van der Waals surface area (Å²) in [6.07, 6.45) is -0.836. The van der Waals surface area contributed by atoms with Crippen LogP contribution in [0.2, 0.25) is 10.0 Å². The molecule has 0 unspecified atom stereocenters. The number of para-hydroxylation sites is 1. The highest BCUT2D eigenvalue weighted by molar-refractivity contribution is 6.35. The molecule has 4 aromatic rings. The average molecular weight is 619 g/mol. The fraction of sp³-hybridized carbons (Fsp3) is 0.152. The van der Waals surface area contributed by atoms with Gasteiger partial charge in [-0.05, 0) is 47.5 Å². The number of ketones is 1. The molecule has 0 spiro atoms. The second-order valence-electron chi connectivity index (χ2n) is 9.61. The highest BCUT2D eigenvalue weighted by Crippen LogP contribution is 2.25. The second-order valence-corrected chi connectivity index (χ2v) is 10.5. The maximum Gasteiger partial charge on any atom is 0.410 e. The van der Waals surface area contributed by atoms with Crippen molar-refractivity contribution in [3.8, 4) is 0 Å². The first-order chi connectivity index (χ1) is 20.7. The topological polar surface area (TPSA) is 105 Å². The summed E-state index contributed by atoms with van der Waals surface area (Å²) in [5, 5.41) is 5.88. The van der Waals surface area contributed by atoms with Crippen LogP contribution in [0.4, 0.5) is 10.5 Å². The van der Waals surface area contributed by atoms with Gasteiger partial charge in [0.15, 0.2) is 5.78 Å². The quantitative estimate of drug-likeness (QED) is 0.196. The molecule has 0 heterocycles. The Bertz CT molecular complexity index is 1600. The molecule has 0 saturated carbocycles. The molecule has 1 atom stereocenters. The number of halogens is 2. The van der Waals surface area contributed by atoms with Gasteiger partial charge in [-0.3, -0.25) is 19.3 Å². The van der Waals surface area contributed by atoms with Crippen molar-refractivity contribution in [1.82, 2.24) is 10.2 Å². The maximum absolute atomic E-state index is 13.5. The SMILES string of the molecule is CN(C(=O)OCc1ccccc1)[C@@H](Cc1ccc(Cl)cc1C(=O)c1ccccc1Cl)C(=O)NCC(=O)Nc1ccccc1. The lowest BCUT2D eigenvalue weighted by molar-refractivity contribution is -0.127. The van der Waals surface area contributed by atoms with Gasteiger partial charge >= 0.3 is 6.09 Å². The second kappa shape index (κ2) is 15.0. The number of likely N-dealkylation sites (N-methyl/N-ethyl adjacent to an activating group) is 1. The number of anilines is 1. The van der Waals surface area contributed by atoms with Crippen LogP contribution in [0.25, 0.3) is 0 Å². The van der Waals surface area contributed by atoms with Gasteiger partial charge in [0.25, 0.3) is 0 Å². The van der Waals surface area contributed by atoms with E-state index in [0.717, 1.165) is 10.5 Å². The summed E-state index contributed by atoms with van der Waals surface area (Å²) in [5.74, 6) is -1.46. The molecule has 0 radical (unpaired) electrons. The van der Waals surface area contributed by atoms with Crippen LogP contribution in [0, 0.1) is 0 Å². The fourth-order valence-corrected chi connectivity index (χ4v) is 4.70. The van der Waals surface area contributed by atoms with E-state index in [9.17, 15) is 19.2 Å². The predicted octanol–water partition coefficient (Wildman–Crippen LogP) is 6.16. The Hall–Kier alpha value is -4.66. The number of rotatable bonds is 11. The summed E-state index contributed by atoms with van der Waals surface area (Å²) < 4.78 is 5.47. The number of carbonyl (C=O) groups is 4. The average Bonchev–Trinajstić information content (AvgIpc) is 3.02. The molecule has 10 heteroatoms. The lowest BCUT2D eigenvalue weighted by Crippen LogP contribution is -2.50. The van der Waals surface area contributed by atoms with E-state index in [1.54, 1.807) is 60.7 Å². The Morgan fingerprint density at radius 3 is 2.16 bits per heavy atom. The van der Waals surface area contributed by atoms with Crippen molar-refractivity contribution in [2.45, 2.75) is 19.1 Å². The Morgan fingerprint density at radius 2 is 1.47 bits per heavy atom. The minimum atomic E-state index is -1.15. The Kier molecular flexibility index (Phi) is 10.9. The lowest BCUT2D eigenvalue weighted by Gasteiger charge is -2.27. The van der Waals surface area contributed by atoms with E-state index in [1.807, 2.05) is 36.4 Å². The van der Waals surface area contributed by atoms with Crippen LogP contribution in [0.1, 0.15) is 27.0 Å². The van der Waals surface area contributed by atoms with Crippen LogP contribution < -0.4 is 10.6 Å². The molecule has 2 N–H and O–H groups in total. The normalized spacial score (nSPS) is 11.2. The van der Waals surface area contributed by atoms with Crippen molar-refractivity contribution in [2.75, 3.05) is 18.9 Å². The van der Waals surface area contributed by atoms with E-state index in [0.29, 0.717) is 16.3 Å². The molecule has 220 valence electrons. The zero-order valence-corrected chi connectivity index (χ0v) is 24.8. The number of benzene rings is 4. The number of carbonyl (C=O) groups excluding carboxylic acids is 4. The van der Waals surface area contributed by atoms with Gasteiger partial charge in [-0.25, -0.2) is 4.79 Å². The van der Waals surface area contributed by atoms with Gasteiger partial charge in [-0.1, -0.05) is 89.9 Å². The Morgan fingerprint density at radius 1 is 0.814 bits per heavy atom. The maximum atomic E-state index is 13.5. The molecule has 0 saturated heterocycles. The summed E-state index contributed by atoms with van der Waals surface area (Å²) in [6.45, 7) is -0.349. The molecule has 0 aliphatic heterocycles. The van der Waals surface area contributed by atoms with E-state index in [2.05, 4.69) is 10.6 Å². The number of nitrogens with one attached hydrogen (secondary N) is 2. The van der Waals surface area contributed by atoms with E-state index >= 15 is 0 Å². The number of nitrogens with zero attached hydrogens (tertiary/aromatic N) is 1. The van der Waals surface area contributed by atoms with Crippen molar-refractivity contribution in [3.63, 3.8) is 0 Å². The van der Waals surface area contributed by atoms with Crippen molar-refractivity contribution < 1.29 is 23.9 Å². The van der Waals surface area contributed by atoms with E-state index in [4.69, 9.17) is 27.9 Å². The van der Waals surface area contributed by atoms with Gasteiger partial charge in [0.1, 0.15) is 12.6 Å². The number of ether oxygens (including phenoxy) is 1. The third kappa shape index (κ3) is 8.67. The molecule has 0 bridgehead atoms. The summed E-state index contributed by atoms with van der Waals surface area (Å²) in [4.78, 5) is 53.8. The van der Waals surface area contributed by atoms with Gasteiger partial charge < -0.3 is 15.4 Å². The zero-order valence-electron chi connectivity index (χ0n) is 23.3.